The number of hydrogen-bond acceptors (Lipinski definition) is 6. The summed E-state index contributed by atoms with van der Waals surface area (Å²) in [6.45, 7) is 12.9. The van der Waals surface area contributed by atoms with E-state index in [1.165, 1.54) is 0 Å². The van der Waals surface area contributed by atoms with E-state index in [-0.39, 0.29) is 40.6 Å². The summed E-state index contributed by atoms with van der Waals surface area (Å²) in [6.07, 6.45) is -5.63. The standard InChI is InChI=1S/C14H25ClF3NO3Si.C14H25F3INO3Si.CH4.5H/c1-23(2,3)10-9-22-12(20)11(7-5-4-6-8-15)19-13(21)14(16,17)18;1-23(2,3)10-9-22-12(20)11(7-5-4-6-8-18)19-13(21)14(15,16)17;;;;;;/h2*11H,4-10H2,1-3H3,(H,19,21);1H4;;;;;/q;;;5*-1/t2*11-;;;;;;/m00....../s1. The van der Waals surface area contributed by atoms with Crippen LogP contribution < -0.4 is 10.6 Å². The van der Waals surface area contributed by atoms with Crippen molar-refractivity contribution in [3.8, 4) is 0 Å². The number of rotatable bonds is 20. The van der Waals surface area contributed by atoms with E-state index in [4.69, 9.17) is 21.1 Å². The van der Waals surface area contributed by atoms with E-state index in [9.17, 15) is 45.5 Å². The number of carbonyl (C=O) groups is 4. The Kier molecular flexibility index (Phi) is 26.7. The van der Waals surface area contributed by atoms with Crippen LogP contribution in [-0.4, -0.2) is 87.9 Å². The zero-order valence-corrected chi connectivity index (χ0v) is 32.4. The SMILES string of the molecule is C.C[Si](C)(C)CCOC(=O)[C@H](CCCCCCl)NC(=O)C(F)(F)F.C[Si](C)(C)CCOC(=O)[C@H](CCCCCI)NC(=O)C(F)(F)F.[H-].[H-].[H-].[H-].[H-]. The molecule has 18 heteroatoms. The van der Waals surface area contributed by atoms with Crippen molar-refractivity contribution in [3.05, 3.63) is 0 Å². The lowest BCUT2D eigenvalue weighted by Crippen LogP contribution is -2.47. The summed E-state index contributed by atoms with van der Waals surface area (Å²) in [7, 11) is -2.82. The molecule has 8 nitrogen and oxygen atoms in total. The van der Waals surface area contributed by atoms with E-state index in [1.807, 2.05) is 0 Å². The molecular formula is C29H59ClF6IN2O6Si2-5. The zero-order chi connectivity index (χ0) is 36.2. The number of amides is 2. The topological polar surface area (TPSA) is 111 Å². The Morgan fingerprint density at radius 2 is 1.02 bits per heavy atom. The van der Waals surface area contributed by atoms with Crippen molar-refractivity contribution in [2.24, 2.45) is 0 Å². The molecule has 2 amide bonds. The lowest BCUT2D eigenvalue weighted by Gasteiger charge is -2.20. The van der Waals surface area contributed by atoms with Crippen LogP contribution in [0.25, 0.3) is 0 Å². The van der Waals surface area contributed by atoms with Gasteiger partial charge in [0.25, 0.3) is 0 Å². The van der Waals surface area contributed by atoms with Crippen LogP contribution in [0.3, 0.4) is 0 Å². The van der Waals surface area contributed by atoms with Crippen LogP contribution >= 0.6 is 34.2 Å². The molecule has 0 aromatic carbocycles. The second-order valence-corrected chi connectivity index (χ2v) is 25.8. The Morgan fingerprint density at radius 1 is 0.681 bits per heavy atom. The highest BCUT2D eigenvalue weighted by Gasteiger charge is 2.42. The van der Waals surface area contributed by atoms with Crippen molar-refractivity contribution in [3.63, 3.8) is 0 Å². The van der Waals surface area contributed by atoms with E-state index in [1.54, 1.807) is 10.6 Å². The highest BCUT2D eigenvalue weighted by Crippen LogP contribution is 2.18. The van der Waals surface area contributed by atoms with Crippen LogP contribution in [0.15, 0.2) is 0 Å². The fraction of sp³-hybridized carbons (Fsp3) is 0.862. The van der Waals surface area contributed by atoms with Gasteiger partial charge in [-0.3, -0.25) is 9.59 Å². The van der Waals surface area contributed by atoms with Crippen LogP contribution in [0, 0.1) is 0 Å². The first-order valence-electron chi connectivity index (χ1n) is 15.1. The maximum absolute atomic E-state index is 12.4. The molecule has 0 fully saturated rings. The molecule has 0 rings (SSSR count). The van der Waals surface area contributed by atoms with E-state index < -0.39 is 64.3 Å². The first-order valence-corrected chi connectivity index (χ1v) is 24.6. The molecule has 0 aliphatic carbocycles. The van der Waals surface area contributed by atoms with Gasteiger partial charge in [0.2, 0.25) is 0 Å². The van der Waals surface area contributed by atoms with Gasteiger partial charge in [-0.2, -0.15) is 26.3 Å². The molecule has 0 bridgehead atoms. The van der Waals surface area contributed by atoms with Gasteiger partial charge in [-0.15, -0.1) is 11.6 Å². The van der Waals surface area contributed by atoms with Gasteiger partial charge in [-0.05, 0) is 42.2 Å². The third-order valence-corrected chi connectivity index (χ3v) is 10.6. The Hall–Kier alpha value is -1.09. The minimum absolute atomic E-state index is 0. The minimum Gasteiger partial charge on any atom is -1.00 e. The van der Waals surface area contributed by atoms with Gasteiger partial charge in [0.1, 0.15) is 12.1 Å². The van der Waals surface area contributed by atoms with E-state index in [0.717, 1.165) is 23.3 Å². The van der Waals surface area contributed by atoms with Crippen molar-refractivity contribution in [1.82, 2.24) is 10.6 Å². The molecule has 2 N–H and O–H groups in total. The average Bonchev–Trinajstić information content (AvgIpc) is 2.89. The van der Waals surface area contributed by atoms with Crippen molar-refractivity contribution in [2.75, 3.05) is 23.5 Å². The summed E-state index contributed by atoms with van der Waals surface area (Å²) in [6, 6.07) is -1.07. The molecule has 0 saturated heterocycles. The average molecular weight is 864 g/mol. The molecule has 0 radical (unpaired) electrons. The van der Waals surface area contributed by atoms with Crippen LogP contribution in [0.4, 0.5) is 26.3 Å². The third kappa shape index (κ3) is 29.5. The molecule has 0 spiro atoms. The van der Waals surface area contributed by atoms with Crippen LogP contribution in [0.5, 0.6) is 0 Å². The highest BCUT2D eigenvalue weighted by molar-refractivity contribution is 14.1. The number of esters is 2. The molecule has 47 heavy (non-hydrogen) atoms. The molecule has 0 aliphatic heterocycles. The molecule has 0 saturated carbocycles. The number of halogens is 8. The summed E-state index contributed by atoms with van der Waals surface area (Å²) >= 11 is 7.74. The monoisotopic (exact) mass is 863 g/mol. The Bertz CT molecular complexity index is 871. The zero-order valence-electron chi connectivity index (χ0n) is 32.5. The first-order chi connectivity index (χ1) is 20.9. The van der Waals surface area contributed by atoms with E-state index >= 15 is 0 Å². The predicted octanol–water partition coefficient (Wildman–Crippen LogP) is 8.82. The summed E-state index contributed by atoms with van der Waals surface area (Å²) in [5.41, 5.74) is 0. The van der Waals surface area contributed by atoms with Gasteiger partial charge in [0, 0.05) is 22.0 Å². The number of unbranched alkanes of at least 4 members (excludes halogenated alkanes) is 4. The van der Waals surface area contributed by atoms with Crippen LogP contribution in [0.1, 0.15) is 65.9 Å². The Labute approximate surface area is 304 Å². The van der Waals surface area contributed by atoms with Gasteiger partial charge in [-0.25, -0.2) is 9.59 Å². The first kappa shape index (κ1) is 50.3. The van der Waals surface area contributed by atoms with Gasteiger partial charge >= 0.3 is 36.1 Å². The maximum atomic E-state index is 12.4. The fourth-order valence-corrected chi connectivity index (χ4v) is 5.49. The summed E-state index contributed by atoms with van der Waals surface area (Å²) in [5, 5.41) is 3.47. The highest BCUT2D eigenvalue weighted by atomic mass is 127. The van der Waals surface area contributed by atoms with E-state index in [0.29, 0.717) is 37.6 Å². The predicted molar refractivity (Wildman–Crippen MR) is 193 cm³/mol. The summed E-state index contributed by atoms with van der Waals surface area (Å²) in [5.74, 6) is -5.37. The number of carbonyl (C=O) groups excluding carboxylic acids is 4. The van der Waals surface area contributed by atoms with Crippen molar-refractivity contribution in [2.45, 2.75) is 135 Å². The van der Waals surface area contributed by atoms with Gasteiger partial charge < -0.3 is 27.2 Å². The van der Waals surface area contributed by atoms with Crippen molar-refractivity contribution in [1.29, 1.82) is 0 Å². The molecule has 0 aliphatic rings. The third-order valence-electron chi connectivity index (χ3n) is 6.14. The number of nitrogens with one attached hydrogen (secondary N) is 2. The van der Waals surface area contributed by atoms with Gasteiger partial charge in [0.15, 0.2) is 0 Å². The molecule has 2 atom stereocenters. The molecule has 0 aromatic heterocycles. The Morgan fingerprint density at radius 3 is 1.30 bits per heavy atom. The van der Waals surface area contributed by atoms with E-state index in [2.05, 4.69) is 61.9 Å². The lowest BCUT2D eigenvalue weighted by atomic mass is 10.1. The molecule has 0 unspecified atom stereocenters. The fourth-order valence-electron chi connectivity index (χ4n) is 3.33. The molecule has 0 aromatic rings. The van der Waals surface area contributed by atoms with Crippen LogP contribution in [-0.2, 0) is 28.7 Å². The minimum atomic E-state index is -5.02. The second-order valence-electron chi connectivity index (χ2n) is 13.1. The lowest BCUT2D eigenvalue weighted by molar-refractivity contribution is -0.176. The summed E-state index contributed by atoms with van der Waals surface area (Å²) < 4.78 is 85.2. The summed E-state index contributed by atoms with van der Waals surface area (Å²) in [4.78, 5) is 46.0. The Balaban J connectivity index is -0.000000111. The molecule has 0 heterocycles. The number of hydrogen-bond donors (Lipinski definition) is 2. The largest absolute Gasteiger partial charge is 1.00 e. The normalized spacial score (nSPS) is 13.2. The smallest absolute Gasteiger partial charge is 0.471 e. The molecule has 290 valence electrons. The van der Waals surface area contributed by atoms with Gasteiger partial charge in [0.05, 0.1) is 13.2 Å². The number of alkyl halides is 8. The second kappa shape index (κ2) is 25.0. The van der Waals surface area contributed by atoms with Crippen LogP contribution in [0.2, 0.25) is 51.4 Å². The molecular weight excluding hydrogens is 805 g/mol. The van der Waals surface area contributed by atoms with Crippen molar-refractivity contribution < 1.29 is 62.1 Å². The maximum Gasteiger partial charge on any atom is 0.471 e. The number of ether oxygens (including phenoxy) is 2. The van der Waals surface area contributed by atoms with Gasteiger partial charge in [-0.1, -0.05) is 95.0 Å². The van der Waals surface area contributed by atoms with Crippen molar-refractivity contribution >= 4 is 74.1 Å². The quantitative estimate of drug-likeness (QED) is 0.0316.